The second kappa shape index (κ2) is 4.81. The molecule has 1 unspecified atom stereocenters. The van der Waals surface area contributed by atoms with Gasteiger partial charge in [0.1, 0.15) is 0 Å². The molecule has 0 saturated carbocycles. The van der Waals surface area contributed by atoms with E-state index < -0.39 is 24.1 Å². The minimum atomic E-state index is -5.13. The largest absolute Gasteiger partial charge is 0.479 e. The minimum Gasteiger partial charge on any atom is -0.479 e. The molecule has 0 aliphatic rings. The van der Waals surface area contributed by atoms with Crippen LogP contribution in [-0.4, -0.2) is 28.1 Å². The first kappa shape index (κ1) is 12.9. The van der Waals surface area contributed by atoms with Crippen LogP contribution in [0.5, 0.6) is 0 Å². The Labute approximate surface area is 93.3 Å². The lowest BCUT2D eigenvalue weighted by Gasteiger charge is -2.15. The zero-order chi connectivity index (χ0) is 13.1. The molecule has 0 fully saturated rings. The molecule has 1 amide bonds. The lowest BCUT2D eigenvalue weighted by Crippen LogP contribution is -2.41. The summed E-state index contributed by atoms with van der Waals surface area (Å²) in [5.74, 6) is -3.91. The fourth-order valence-electron chi connectivity index (χ4n) is 1.05. The van der Waals surface area contributed by atoms with Gasteiger partial charge in [0.25, 0.3) is 0 Å². The van der Waals surface area contributed by atoms with Crippen LogP contribution in [0.4, 0.5) is 13.2 Å². The van der Waals surface area contributed by atoms with Gasteiger partial charge < -0.3 is 10.4 Å². The van der Waals surface area contributed by atoms with Crippen LogP contribution in [0.1, 0.15) is 11.6 Å². The zero-order valence-electron chi connectivity index (χ0n) is 8.23. The number of pyridine rings is 1. The maximum absolute atomic E-state index is 12.0. The minimum absolute atomic E-state index is 0.0439. The fourth-order valence-corrected chi connectivity index (χ4v) is 1.05. The summed E-state index contributed by atoms with van der Waals surface area (Å²) in [6, 6.07) is 0.825. The van der Waals surface area contributed by atoms with E-state index in [1.165, 1.54) is 23.6 Å². The van der Waals surface area contributed by atoms with Gasteiger partial charge in [-0.15, -0.1) is 0 Å². The van der Waals surface area contributed by atoms with E-state index in [1.807, 2.05) is 0 Å². The third kappa shape index (κ3) is 3.44. The number of aromatic nitrogens is 1. The number of nitrogens with zero attached hydrogens (tertiary/aromatic N) is 1. The number of amides is 1. The number of carbonyl (C=O) groups excluding carboxylic acids is 1. The van der Waals surface area contributed by atoms with Crippen molar-refractivity contribution in [1.29, 1.82) is 0 Å². The van der Waals surface area contributed by atoms with Crippen molar-refractivity contribution in [2.45, 2.75) is 12.2 Å². The quantitative estimate of drug-likeness (QED) is 0.832. The highest BCUT2D eigenvalue weighted by molar-refractivity contribution is 5.87. The molecule has 1 atom stereocenters. The summed E-state index contributed by atoms with van der Waals surface area (Å²) in [4.78, 5) is 24.9. The average Bonchev–Trinajstić information content (AvgIpc) is 2.25. The smallest absolute Gasteiger partial charge is 0.471 e. The van der Waals surface area contributed by atoms with Gasteiger partial charge in [0.2, 0.25) is 0 Å². The first-order chi connectivity index (χ1) is 7.82. The van der Waals surface area contributed by atoms with Crippen LogP contribution in [0.2, 0.25) is 0 Å². The average molecular weight is 248 g/mol. The Hall–Kier alpha value is -2.12. The van der Waals surface area contributed by atoms with Crippen LogP contribution in [0.3, 0.4) is 0 Å². The van der Waals surface area contributed by atoms with Crippen LogP contribution in [-0.2, 0) is 9.59 Å². The summed E-state index contributed by atoms with van der Waals surface area (Å²) in [5.41, 5.74) is -0.0439. The molecule has 0 aromatic carbocycles. The third-order valence-electron chi connectivity index (χ3n) is 1.80. The Morgan fingerprint density at radius 3 is 2.47 bits per heavy atom. The van der Waals surface area contributed by atoms with Gasteiger partial charge in [0.15, 0.2) is 6.04 Å². The van der Waals surface area contributed by atoms with Gasteiger partial charge >= 0.3 is 18.1 Å². The summed E-state index contributed by atoms with van der Waals surface area (Å²) >= 11 is 0. The molecule has 17 heavy (non-hydrogen) atoms. The molecule has 2 N–H and O–H groups in total. The Morgan fingerprint density at radius 1 is 1.41 bits per heavy atom. The molecule has 1 aromatic rings. The van der Waals surface area contributed by atoms with Gasteiger partial charge in [-0.25, -0.2) is 4.79 Å². The highest BCUT2D eigenvalue weighted by Gasteiger charge is 2.41. The monoisotopic (exact) mass is 248 g/mol. The van der Waals surface area contributed by atoms with Crippen LogP contribution in [0, 0.1) is 0 Å². The third-order valence-corrected chi connectivity index (χ3v) is 1.80. The molecule has 1 rings (SSSR count). The fraction of sp³-hybridized carbons (Fsp3) is 0.222. The second-order valence-electron chi connectivity index (χ2n) is 3.03. The van der Waals surface area contributed by atoms with Crippen molar-refractivity contribution in [3.63, 3.8) is 0 Å². The summed E-state index contributed by atoms with van der Waals surface area (Å²) in [5, 5.41) is 10.1. The highest BCUT2D eigenvalue weighted by Crippen LogP contribution is 2.18. The summed E-state index contributed by atoms with van der Waals surface area (Å²) < 4.78 is 35.9. The first-order valence-electron chi connectivity index (χ1n) is 4.33. The van der Waals surface area contributed by atoms with Crippen molar-refractivity contribution in [1.82, 2.24) is 10.3 Å². The van der Waals surface area contributed by atoms with Gasteiger partial charge in [0.05, 0.1) is 0 Å². The molecule has 0 aliphatic heterocycles. The summed E-state index contributed by atoms with van der Waals surface area (Å²) in [7, 11) is 0. The Morgan fingerprint density at radius 2 is 2.06 bits per heavy atom. The van der Waals surface area contributed by atoms with Crippen molar-refractivity contribution in [2.24, 2.45) is 0 Å². The molecular weight excluding hydrogens is 241 g/mol. The molecule has 0 saturated heterocycles. The molecule has 1 heterocycles. The van der Waals surface area contributed by atoms with Crippen molar-refractivity contribution in [3.8, 4) is 0 Å². The number of alkyl halides is 3. The van der Waals surface area contributed by atoms with Gasteiger partial charge in [-0.2, -0.15) is 13.2 Å². The first-order valence-corrected chi connectivity index (χ1v) is 4.33. The van der Waals surface area contributed by atoms with Crippen molar-refractivity contribution in [2.75, 3.05) is 0 Å². The van der Waals surface area contributed by atoms with Crippen LogP contribution >= 0.6 is 0 Å². The number of carboxylic acids is 1. The van der Waals surface area contributed by atoms with Gasteiger partial charge in [0, 0.05) is 18.0 Å². The molecule has 8 heteroatoms. The summed E-state index contributed by atoms with van der Waals surface area (Å²) in [6.07, 6.45) is -2.74. The number of carboxylic acid groups (broad SMARTS) is 1. The number of aliphatic carboxylic acids is 1. The van der Waals surface area contributed by atoms with Gasteiger partial charge in [-0.3, -0.25) is 9.78 Å². The van der Waals surface area contributed by atoms with Crippen LogP contribution in [0.15, 0.2) is 24.5 Å². The Balaban J connectivity index is 2.90. The maximum atomic E-state index is 12.0. The SMILES string of the molecule is O=C(O)C(NC(=O)C(F)(F)F)c1cccnc1. The van der Waals surface area contributed by atoms with E-state index in [0.717, 1.165) is 6.20 Å². The number of halogens is 3. The molecule has 92 valence electrons. The Bertz CT molecular complexity index is 419. The van der Waals surface area contributed by atoms with Crippen molar-refractivity contribution >= 4 is 11.9 Å². The van der Waals surface area contributed by atoms with E-state index in [4.69, 9.17) is 5.11 Å². The van der Waals surface area contributed by atoms with E-state index in [2.05, 4.69) is 4.98 Å². The molecule has 0 spiro atoms. The number of rotatable bonds is 3. The topological polar surface area (TPSA) is 79.3 Å². The molecule has 0 radical (unpaired) electrons. The van der Waals surface area contributed by atoms with E-state index in [0.29, 0.717) is 0 Å². The standard InChI is InChI=1S/C9H7F3N2O3/c10-9(11,12)8(17)14-6(7(15)16)5-2-1-3-13-4-5/h1-4,6H,(H,14,17)(H,15,16). The van der Waals surface area contributed by atoms with E-state index in [9.17, 15) is 22.8 Å². The highest BCUT2D eigenvalue weighted by atomic mass is 19.4. The number of hydrogen-bond donors (Lipinski definition) is 2. The molecule has 1 aromatic heterocycles. The van der Waals surface area contributed by atoms with Crippen LogP contribution < -0.4 is 5.32 Å². The van der Waals surface area contributed by atoms with Gasteiger partial charge in [-0.1, -0.05) is 6.07 Å². The van der Waals surface area contributed by atoms with Crippen molar-refractivity contribution in [3.05, 3.63) is 30.1 Å². The predicted octanol–water partition coefficient (Wildman–Crippen LogP) is 0.886. The molecule has 0 bridgehead atoms. The maximum Gasteiger partial charge on any atom is 0.471 e. The second-order valence-corrected chi connectivity index (χ2v) is 3.03. The Kier molecular flexibility index (Phi) is 3.66. The molecule has 5 nitrogen and oxygen atoms in total. The van der Waals surface area contributed by atoms with Crippen LogP contribution in [0.25, 0.3) is 0 Å². The van der Waals surface area contributed by atoms with E-state index in [1.54, 1.807) is 0 Å². The number of carbonyl (C=O) groups is 2. The molecule has 0 aliphatic carbocycles. The molecular formula is C9H7F3N2O3. The number of hydrogen-bond acceptors (Lipinski definition) is 3. The van der Waals surface area contributed by atoms with Gasteiger partial charge in [-0.05, 0) is 6.07 Å². The predicted molar refractivity (Wildman–Crippen MR) is 48.8 cm³/mol. The summed E-state index contributed by atoms with van der Waals surface area (Å²) in [6.45, 7) is 0. The normalized spacial score (nSPS) is 12.9. The van der Waals surface area contributed by atoms with E-state index >= 15 is 0 Å². The number of nitrogens with one attached hydrogen (secondary N) is 1. The van der Waals surface area contributed by atoms with Crippen molar-refractivity contribution < 1.29 is 27.9 Å². The lowest BCUT2D eigenvalue weighted by atomic mass is 10.1. The van der Waals surface area contributed by atoms with E-state index in [-0.39, 0.29) is 5.56 Å². The lowest BCUT2D eigenvalue weighted by molar-refractivity contribution is -0.175. The zero-order valence-corrected chi connectivity index (χ0v) is 8.23.